The van der Waals surface area contributed by atoms with Gasteiger partial charge in [0.25, 0.3) is 0 Å². The van der Waals surface area contributed by atoms with Crippen LogP contribution >= 0.6 is 23.1 Å². The van der Waals surface area contributed by atoms with E-state index in [1.807, 2.05) is 32.9 Å². The van der Waals surface area contributed by atoms with Crippen LogP contribution in [-0.2, 0) is 4.79 Å². The van der Waals surface area contributed by atoms with Gasteiger partial charge in [0.15, 0.2) is 16.6 Å². The first-order valence-electron chi connectivity index (χ1n) is 8.57. The van der Waals surface area contributed by atoms with E-state index in [4.69, 9.17) is 14.5 Å². The van der Waals surface area contributed by atoms with Gasteiger partial charge in [0.1, 0.15) is 18.2 Å². The molecule has 0 spiro atoms. The molecule has 4 rings (SSSR count). The van der Waals surface area contributed by atoms with Gasteiger partial charge in [-0.05, 0) is 38.5 Å². The molecule has 3 heterocycles. The number of nitrogens with one attached hydrogen (secondary N) is 1. The molecule has 0 aliphatic carbocycles. The van der Waals surface area contributed by atoms with Gasteiger partial charge >= 0.3 is 0 Å². The summed E-state index contributed by atoms with van der Waals surface area (Å²) in [5.41, 5.74) is 2.81. The first-order valence-corrected chi connectivity index (χ1v) is 10.4. The Bertz CT molecular complexity index is 1010. The first kappa shape index (κ1) is 18.1. The standard InChI is InChI=1S/C19H19N3O3S2/c1-10-6-13-7-15-16(25-5-4-24-15)8-14(13)21-18(10)26-9-17(23)22-19-20-11(2)12(3)27-19/h6-8H,4-5,9H2,1-3H3,(H,20,22,23). The number of pyridine rings is 1. The Hall–Kier alpha value is -2.32. The quantitative estimate of drug-likeness (QED) is 0.663. The van der Waals surface area contributed by atoms with Crippen LogP contribution in [0.2, 0.25) is 0 Å². The Morgan fingerprint density at radius 1 is 1.15 bits per heavy atom. The number of nitrogens with zero attached hydrogens (tertiary/aromatic N) is 2. The van der Waals surface area contributed by atoms with Crippen LogP contribution in [0.25, 0.3) is 10.9 Å². The zero-order valence-corrected chi connectivity index (χ0v) is 16.9. The summed E-state index contributed by atoms with van der Waals surface area (Å²) in [6, 6.07) is 5.92. The van der Waals surface area contributed by atoms with Crippen molar-refractivity contribution in [2.75, 3.05) is 24.3 Å². The Kier molecular flexibility index (Phi) is 4.92. The fourth-order valence-electron chi connectivity index (χ4n) is 2.76. The van der Waals surface area contributed by atoms with Crippen molar-refractivity contribution >= 4 is 45.0 Å². The number of aromatic nitrogens is 2. The monoisotopic (exact) mass is 401 g/mol. The van der Waals surface area contributed by atoms with Gasteiger partial charge in [-0.3, -0.25) is 4.79 Å². The molecule has 1 N–H and O–H groups in total. The fourth-order valence-corrected chi connectivity index (χ4v) is 4.38. The second kappa shape index (κ2) is 7.36. The highest BCUT2D eigenvalue weighted by Crippen LogP contribution is 2.35. The lowest BCUT2D eigenvalue weighted by molar-refractivity contribution is -0.113. The molecular weight excluding hydrogens is 382 g/mol. The molecule has 0 radical (unpaired) electrons. The Morgan fingerprint density at radius 2 is 1.89 bits per heavy atom. The van der Waals surface area contributed by atoms with Crippen LogP contribution in [0, 0.1) is 20.8 Å². The number of fused-ring (bicyclic) bond motifs is 2. The summed E-state index contributed by atoms with van der Waals surface area (Å²) < 4.78 is 11.3. The molecule has 8 heteroatoms. The molecule has 1 amide bonds. The van der Waals surface area contributed by atoms with E-state index < -0.39 is 0 Å². The van der Waals surface area contributed by atoms with Gasteiger partial charge in [-0.1, -0.05) is 11.8 Å². The molecule has 1 aromatic carbocycles. The smallest absolute Gasteiger partial charge is 0.236 e. The van der Waals surface area contributed by atoms with Gasteiger partial charge in [-0.25, -0.2) is 9.97 Å². The van der Waals surface area contributed by atoms with Crippen molar-refractivity contribution in [1.82, 2.24) is 9.97 Å². The molecule has 0 atom stereocenters. The Morgan fingerprint density at radius 3 is 2.59 bits per heavy atom. The lowest BCUT2D eigenvalue weighted by atomic mass is 10.1. The minimum Gasteiger partial charge on any atom is -0.486 e. The van der Waals surface area contributed by atoms with Gasteiger partial charge < -0.3 is 14.8 Å². The SMILES string of the molecule is Cc1cc2cc3c(cc2nc1SCC(=O)Nc1nc(C)c(C)s1)OCCO3. The van der Waals surface area contributed by atoms with E-state index >= 15 is 0 Å². The summed E-state index contributed by atoms with van der Waals surface area (Å²) in [6.07, 6.45) is 0. The summed E-state index contributed by atoms with van der Waals surface area (Å²) in [5.74, 6) is 1.66. The molecule has 0 saturated carbocycles. The number of hydrogen-bond acceptors (Lipinski definition) is 7. The average Bonchev–Trinajstić information content (AvgIpc) is 2.95. The van der Waals surface area contributed by atoms with E-state index in [1.165, 1.54) is 23.1 Å². The third-order valence-corrected chi connectivity index (χ3v) is 6.32. The van der Waals surface area contributed by atoms with Crippen LogP contribution < -0.4 is 14.8 Å². The van der Waals surface area contributed by atoms with Crippen LogP contribution in [0.1, 0.15) is 16.1 Å². The fraction of sp³-hybridized carbons (Fsp3) is 0.316. The van der Waals surface area contributed by atoms with Crippen molar-refractivity contribution in [1.29, 1.82) is 0 Å². The molecule has 0 unspecified atom stereocenters. The van der Waals surface area contributed by atoms with E-state index in [9.17, 15) is 4.79 Å². The molecule has 140 valence electrons. The Labute approximate surface area is 165 Å². The van der Waals surface area contributed by atoms with Gasteiger partial charge in [0, 0.05) is 16.3 Å². The summed E-state index contributed by atoms with van der Waals surface area (Å²) in [7, 11) is 0. The molecule has 0 saturated heterocycles. The number of aryl methyl sites for hydroxylation is 3. The summed E-state index contributed by atoms with van der Waals surface area (Å²) in [5, 5.41) is 5.33. The highest BCUT2D eigenvalue weighted by atomic mass is 32.2. The van der Waals surface area contributed by atoms with E-state index in [2.05, 4.69) is 16.4 Å². The predicted octanol–water partition coefficient (Wildman–Crippen LogP) is 4.12. The molecule has 1 aliphatic rings. The van der Waals surface area contributed by atoms with Gasteiger partial charge in [0.05, 0.1) is 17.0 Å². The van der Waals surface area contributed by atoms with Crippen LogP contribution in [0.5, 0.6) is 11.5 Å². The molecule has 27 heavy (non-hydrogen) atoms. The molecule has 6 nitrogen and oxygen atoms in total. The number of hydrogen-bond donors (Lipinski definition) is 1. The number of ether oxygens (including phenoxy) is 2. The van der Waals surface area contributed by atoms with Crippen LogP contribution in [-0.4, -0.2) is 34.8 Å². The molecule has 0 bridgehead atoms. The number of carbonyl (C=O) groups excluding carboxylic acids is 1. The van der Waals surface area contributed by atoms with Crippen molar-refractivity contribution in [3.8, 4) is 11.5 Å². The first-order chi connectivity index (χ1) is 13.0. The summed E-state index contributed by atoms with van der Waals surface area (Å²) >= 11 is 2.91. The Balaban J connectivity index is 1.49. The molecule has 2 aromatic heterocycles. The van der Waals surface area contributed by atoms with Crippen LogP contribution in [0.3, 0.4) is 0 Å². The van der Waals surface area contributed by atoms with Gasteiger partial charge in [-0.15, -0.1) is 11.3 Å². The number of thioether (sulfide) groups is 1. The zero-order valence-electron chi connectivity index (χ0n) is 15.3. The molecule has 3 aromatic rings. The number of carbonyl (C=O) groups is 1. The normalized spacial score (nSPS) is 13.0. The third-order valence-electron chi connectivity index (χ3n) is 4.24. The third kappa shape index (κ3) is 3.86. The summed E-state index contributed by atoms with van der Waals surface area (Å²) in [6.45, 7) is 7.03. The van der Waals surface area contributed by atoms with Gasteiger partial charge in [0.2, 0.25) is 5.91 Å². The average molecular weight is 402 g/mol. The molecule has 0 fully saturated rings. The predicted molar refractivity (Wildman–Crippen MR) is 108 cm³/mol. The number of amides is 1. The number of benzene rings is 1. The minimum atomic E-state index is -0.0859. The zero-order chi connectivity index (χ0) is 19.0. The highest BCUT2D eigenvalue weighted by Gasteiger charge is 2.15. The van der Waals surface area contributed by atoms with Crippen molar-refractivity contribution in [3.63, 3.8) is 0 Å². The lowest BCUT2D eigenvalue weighted by Gasteiger charge is -2.19. The maximum Gasteiger partial charge on any atom is 0.236 e. The van der Waals surface area contributed by atoms with E-state index in [1.54, 1.807) is 0 Å². The molecular formula is C19H19N3O3S2. The molecule has 1 aliphatic heterocycles. The maximum atomic E-state index is 12.2. The van der Waals surface area contributed by atoms with Crippen molar-refractivity contribution < 1.29 is 14.3 Å². The van der Waals surface area contributed by atoms with Crippen LogP contribution in [0.15, 0.2) is 23.2 Å². The largest absolute Gasteiger partial charge is 0.486 e. The topological polar surface area (TPSA) is 73.3 Å². The maximum absolute atomic E-state index is 12.2. The van der Waals surface area contributed by atoms with E-state index in [0.29, 0.717) is 24.1 Å². The lowest BCUT2D eigenvalue weighted by Crippen LogP contribution is -2.15. The van der Waals surface area contributed by atoms with Crippen molar-refractivity contribution in [2.24, 2.45) is 0 Å². The second-order valence-electron chi connectivity index (χ2n) is 6.30. The number of thiazole rings is 1. The second-order valence-corrected chi connectivity index (χ2v) is 8.46. The van der Waals surface area contributed by atoms with Crippen LogP contribution in [0.4, 0.5) is 5.13 Å². The van der Waals surface area contributed by atoms with Crippen molar-refractivity contribution in [2.45, 2.75) is 25.8 Å². The number of anilines is 1. The minimum absolute atomic E-state index is 0.0859. The van der Waals surface area contributed by atoms with E-state index in [0.717, 1.165) is 37.8 Å². The summed E-state index contributed by atoms with van der Waals surface area (Å²) in [4.78, 5) is 22.4. The number of rotatable bonds is 4. The van der Waals surface area contributed by atoms with E-state index in [-0.39, 0.29) is 11.7 Å². The van der Waals surface area contributed by atoms with Crippen molar-refractivity contribution in [3.05, 3.63) is 34.3 Å². The highest BCUT2D eigenvalue weighted by molar-refractivity contribution is 8.00. The van der Waals surface area contributed by atoms with Gasteiger partial charge in [-0.2, -0.15) is 0 Å².